The van der Waals surface area contributed by atoms with Crippen molar-refractivity contribution in [2.24, 2.45) is 0 Å². The number of hydrogen-bond acceptors (Lipinski definition) is 5. The van der Waals surface area contributed by atoms with E-state index in [0.29, 0.717) is 17.7 Å². The molecule has 1 aromatic carbocycles. The Bertz CT molecular complexity index is 1450. The zero-order chi connectivity index (χ0) is 23.1. The summed E-state index contributed by atoms with van der Waals surface area (Å²) in [6.45, 7) is 0.531. The summed E-state index contributed by atoms with van der Waals surface area (Å²) in [5.41, 5.74) is 0.259. The first kappa shape index (κ1) is 20.7. The monoisotopic (exact) mass is 449 g/mol. The number of pyridine rings is 1. The van der Waals surface area contributed by atoms with Gasteiger partial charge in [-0.25, -0.2) is 14.2 Å². The summed E-state index contributed by atoms with van der Waals surface area (Å²) in [4.78, 5) is 44.6. The number of hydrogen-bond donors (Lipinski definition) is 1. The Balaban J connectivity index is 1.42. The number of aromatic hydroxyl groups is 1. The van der Waals surface area contributed by atoms with Crippen LogP contribution in [0.3, 0.4) is 0 Å². The molecule has 168 valence electrons. The third kappa shape index (κ3) is 3.69. The van der Waals surface area contributed by atoms with E-state index in [1.54, 1.807) is 12.1 Å². The summed E-state index contributed by atoms with van der Waals surface area (Å²) in [5.74, 6) is -1.76. The molecule has 0 fully saturated rings. The highest BCUT2D eigenvalue weighted by Crippen LogP contribution is 2.19. The molecule has 0 aliphatic carbocycles. The van der Waals surface area contributed by atoms with Gasteiger partial charge in [0.2, 0.25) is 5.75 Å². The van der Waals surface area contributed by atoms with E-state index < -0.39 is 22.9 Å². The van der Waals surface area contributed by atoms with Crippen LogP contribution in [0.15, 0.2) is 64.4 Å². The third-order valence-electron chi connectivity index (χ3n) is 5.78. The molecule has 1 amide bonds. The molecule has 0 saturated carbocycles. The Hall–Kier alpha value is -4.21. The first-order valence-electron chi connectivity index (χ1n) is 10.5. The SMILES string of the molecule is O=C1c2c(O)c(=O)n(CCc3cn4ccccc4n3)c(=O)n2CCN1Cc1ccc(F)cc1. The van der Waals surface area contributed by atoms with Crippen molar-refractivity contribution in [1.82, 2.24) is 23.4 Å². The summed E-state index contributed by atoms with van der Waals surface area (Å²) >= 11 is 0. The van der Waals surface area contributed by atoms with Gasteiger partial charge in [-0.05, 0) is 29.8 Å². The van der Waals surface area contributed by atoms with E-state index in [1.165, 1.54) is 17.0 Å². The predicted molar refractivity (Wildman–Crippen MR) is 117 cm³/mol. The van der Waals surface area contributed by atoms with Crippen LogP contribution in [0.25, 0.3) is 5.65 Å². The zero-order valence-electron chi connectivity index (χ0n) is 17.5. The zero-order valence-corrected chi connectivity index (χ0v) is 17.5. The summed E-state index contributed by atoms with van der Waals surface area (Å²) in [7, 11) is 0. The van der Waals surface area contributed by atoms with Crippen LogP contribution in [-0.2, 0) is 26.1 Å². The van der Waals surface area contributed by atoms with Crippen molar-refractivity contribution in [1.29, 1.82) is 0 Å². The lowest BCUT2D eigenvalue weighted by Gasteiger charge is -2.30. The second-order valence-electron chi connectivity index (χ2n) is 7.89. The molecule has 9 nitrogen and oxygen atoms in total. The molecular weight excluding hydrogens is 429 g/mol. The first-order valence-corrected chi connectivity index (χ1v) is 10.5. The Kier molecular flexibility index (Phi) is 5.04. The molecule has 0 radical (unpaired) electrons. The van der Waals surface area contributed by atoms with Crippen LogP contribution in [0.4, 0.5) is 4.39 Å². The second kappa shape index (κ2) is 8.05. The molecular formula is C23H20FN5O4. The van der Waals surface area contributed by atoms with Crippen molar-refractivity contribution in [2.45, 2.75) is 26.1 Å². The van der Waals surface area contributed by atoms with Crippen molar-refractivity contribution in [3.05, 3.63) is 98.5 Å². The number of aryl methyl sites for hydroxylation is 1. The van der Waals surface area contributed by atoms with Crippen LogP contribution in [0.5, 0.6) is 5.75 Å². The van der Waals surface area contributed by atoms with Crippen LogP contribution in [0, 0.1) is 5.82 Å². The highest BCUT2D eigenvalue weighted by molar-refractivity contribution is 5.95. The first-order chi connectivity index (χ1) is 15.9. The molecule has 0 saturated heterocycles. The van der Waals surface area contributed by atoms with Gasteiger partial charge in [0.25, 0.3) is 11.5 Å². The molecule has 0 atom stereocenters. The van der Waals surface area contributed by atoms with Crippen LogP contribution in [0.2, 0.25) is 0 Å². The average molecular weight is 449 g/mol. The molecule has 5 rings (SSSR count). The highest BCUT2D eigenvalue weighted by Gasteiger charge is 2.31. The number of rotatable bonds is 5. The number of carbonyl (C=O) groups is 1. The lowest BCUT2D eigenvalue weighted by molar-refractivity contribution is 0.0677. The maximum Gasteiger partial charge on any atom is 0.331 e. The fourth-order valence-corrected chi connectivity index (χ4v) is 4.07. The quantitative estimate of drug-likeness (QED) is 0.496. The Morgan fingerprint density at radius 1 is 1.03 bits per heavy atom. The minimum absolute atomic E-state index is 0.0167. The number of carbonyl (C=O) groups excluding carboxylic acids is 1. The minimum atomic E-state index is -0.910. The number of amides is 1. The van der Waals surface area contributed by atoms with E-state index in [9.17, 15) is 23.9 Å². The molecule has 3 aromatic heterocycles. The van der Waals surface area contributed by atoms with Crippen LogP contribution >= 0.6 is 0 Å². The van der Waals surface area contributed by atoms with Gasteiger partial charge in [-0.2, -0.15) is 0 Å². The highest BCUT2D eigenvalue weighted by atomic mass is 19.1. The van der Waals surface area contributed by atoms with Crippen molar-refractivity contribution < 1.29 is 14.3 Å². The molecule has 0 bridgehead atoms. The number of imidazole rings is 1. The van der Waals surface area contributed by atoms with E-state index in [2.05, 4.69) is 4.98 Å². The maximum absolute atomic E-state index is 13.2. The fourth-order valence-electron chi connectivity index (χ4n) is 4.07. The van der Waals surface area contributed by atoms with Crippen molar-refractivity contribution in [3.8, 4) is 5.75 Å². The number of aromatic nitrogens is 4. The Morgan fingerprint density at radius 2 is 1.82 bits per heavy atom. The van der Waals surface area contributed by atoms with Gasteiger partial charge in [-0.15, -0.1) is 0 Å². The lowest BCUT2D eigenvalue weighted by atomic mass is 10.1. The number of nitrogens with zero attached hydrogens (tertiary/aromatic N) is 5. The third-order valence-corrected chi connectivity index (χ3v) is 5.78. The average Bonchev–Trinajstić information content (AvgIpc) is 3.23. The molecule has 4 heterocycles. The van der Waals surface area contributed by atoms with E-state index >= 15 is 0 Å². The largest absolute Gasteiger partial charge is 0.501 e. The fraction of sp³-hybridized carbons (Fsp3) is 0.217. The second-order valence-corrected chi connectivity index (χ2v) is 7.89. The van der Waals surface area contributed by atoms with Crippen molar-refractivity contribution >= 4 is 11.6 Å². The number of fused-ring (bicyclic) bond motifs is 2. The van der Waals surface area contributed by atoms with Crippen molar-refractivity contribution in [2.75, 3.05) is 6.54 Å². The maximum atomic E-state index is 13.2. The summed E-state index contributed by atoms with van der Waals surface area (Å²) < 4.78 is 17.1. The summed E-state index contributed by atoms with van der Waals surface area (Å²) in [6.07, 6.45) is 3.97. The molecule has 1 aliphatic rings. The van der Waals surface area contributed by atoms with E-state index in [1.807, 2.05) is 35.0 Å². The Labute approximate surface area is 186 Å². The molecule has 1 aliphatic heterocycles. The van der Waals surface area contributed by atoms with Gasteiger partial charge >= 0.3 is 5.69 Å². The van der Waals surface area contributed by atoms with Gasteiger partial charge in [0.1, 0.15) is 11.5 Å². The Morgan fingerprint density at radius 3 is 2.58 bits per heavy atom. The van der Waals surface area contributed by atoms with Gasteiger partial charge in [0.05, 0.1) is 5.69 Å². The molecule has 33 heavy (non-hydrogen) atoms. The molecule has 10 heteroatoms. The molecule has 0 spiro atoms. The van der Waals surface area contributed by atoms with Gasteiger partial charge < -0.3 is 14.4 Å². The summed E-state index contributed by atoms with van der Waals surface area (Å²) in [5, 5.41) is 10.5. The normalized spacial score (nSPS) is 13.5. The van der Waals surface area contributed by atoms with E-state index in [-0.39, 0.29) is 37.7 Å². The lowest BCUT2D eigenvalue weighted by Crippen LogP contribution is -2.50. The van der Waals surface area contributed by atoms with E-state index in [4.69, 9.17) is 0 Å². The predicted octanol–water partition coefficient (Wildman–Crippen LogP) is 1.40. The summed E-state index contributed by atoms with van der Waals surface area (Å²) in [6, 6.07) is 11.3. The number of halogens is 1. The van der Waals surface area contributed by atoms with Gasteiger partial charge in [0.15, 0.2) is 5.69 Å². The standard InChI is InChI=1S/C23H20FN5O4/c24-16-6-4-15(5-7-16)13-27-11-12-28-19(21(27)31)20(30)22(32)29(23(28)33)10-8-17-14-26-9-2-1-3-18(26)25-17/h1-7,9,14,30H,8,10-13H2. The van der Waals surface area contributed by atoms with Gasteiger partial charge in [-0.1, -0.05) is 18.2 Å². The van der Waals surface area contributed by atoms with Crippen LogP contribution in [0.1, 0.15) is 21.7 Å². The van der Waals surface area contributed by atoms with Gasteiger partial charge in [0, 0.05) is 45.0 Å². The molecule has 1 N–H and O–H groups in total. The van der Waals surface area contributed by atoms with Crippen LogP contribution < -0.4 is 11.2 Å². The van der Waals surface area contributed by atoms with Gasteiger partial charge in [-0.3, -0.25) is 18.7 Å². The molecule has 4 aromatic rings. The van der Waals surface area contributed by atoms with E-state index in [0.717, 1.165) is 14.8 Å². The minimum Gasteiger partial charge on any atom is -0.501 e. The van der Waals surface area contributed by atoms with Crippen LogP contribution in [-0.4, -0.2) is 41.0 Å². The number of benzene rings is 1. The topological polar surface area (TPSA) is 102 Å². The van der Waals surface area contributed by atoms with Crippen molar-refractivity contribution in [3.63, 3.8) is 0 Å². The molecule has 0 unspecified atom stereocenters. The smallest absolute Gasteiger partial charge is 0.331 e.